The average Bonchev–Trinajstić information content (AvgIpc) is 2.79. The van der Waals surface area contributed by atoms with E-state index in [9.17, 15) is 22.4 Å². The Kier molecular flexibility index (Phi) is 10.2. The maximum atomic E-state index is 13.3. The van der Waals surface area contributed by atoms with Gasteiger partial charge in [0.15, 0.2) is 0 Å². The van der Waals surface area contributed by atoms with Gasteiger partial charge in [0.05, 0.1) is 11.9 Å². The highest BCUT2D eigenvalue weighted by Gasteiger charge is 2.26. The standard InChI is InChI=1S/C26H36FN3O4S/c1-19(2)17-28-26(32)21(4)29(18-22-10-8-20(3)9-11-22)25(31)7-6-16-30(35(5,33)34)24-14-12-23(27)13-15-24/h8-15,19,21H,6-7,16-18H2,1-5H3,(H,28,32)/t21-/m1/s1. The van der Waals surface area contributed by atoms with Crippen molar-refractivity contribution in [1.82, 2.24) is 10.2 Å². The molecule has 0 radical (unpaired) electrons. The molecule has 0 fully saturated rings. The van der Waals surface area contributed by atoms with Gasteiger partial charge >= 0.3 is 0 Å². The zero-order chi connectivity index (χ0) is 26.2. The van der Waals surface area contributed by atoms with Crippen LogP contribution in [-0.4, -0.2) is 50.5 Å². The number of carbonyl (C=O) groups is 2. The second-order valence-corrected chi connectivity index (χ2v) is 11.1. The number of sulfonamides is 1. The van der Waals surface area contributed by atoms with Gasteiger partial charge in [-0.1, -0.05) is 43.7 Å². The van der Waals surface area contributed by atoms with Crippen molar-refractivity contribution in [3.05, 3.63) is 65.5 Å². The van der Waals surface area contributed by atoms with Gasteiger partial charge < -0.3 is 10.2 Å². The van der Waals surface area contributed by atoms with Gasteiger partial charge in [-0.25, -0.2) is 12.8 Å². The fourth-order valence-electron chi connectivity index (χ4n) is 3.54. The number of rotatable bonds is 12. The van der Waals surface area contributed by atoms with Crippen LogP contribution in [0.15, 0.2) is 48.5 Å². The number of nitrogens with one attached hydrogen (secondary N) is 1. The number of benzene rings is 2. The number of amides is 2. The third kappa shape index (κ3) is 8.98. The molecule has 0 aliphatic carbocycles. The molecule has 0 aromatic heterocycles. The molecule has 0 bridgehead atoms. The van der Waals surface area contributed by atoms with Gasteiger partial charge in [-0.3, -0.25) is 13.9 Å². The predicted molar refractivity (Wildman–Crippen MR) is 137 cm³/mol. The highest BCUT2D eigenvalue weighted by atomic mass is 32.2. The molecule has 1 atom stereocenters. The molecule has 2 amide bonds. The summed E-state index contributed by atoms with van der Waals surface area (Å²) in [6, 6.07) is 12.2. The number of carbonyl (C=O) groups excluding carboxylic acids is 2. The van der Waals surface area contributed by atoms with Gasteiger partial charge in [0.25, 0.3) is 0 Å². The Morgan fingerprint density at radius 1 is 1.00 bits per heavy atom. The molecular weight excluding hydrogens is 469 g/mol. The van der Waals surface area contributed by atoms with Gasteiger partial charge in [-0.05, 0) is 56.0 Å². The molecule has 35 heavy (non-hydrogen) atoms. The molecule has 0 saturated carbocycles. The summed E-state index contributed by atoms with van der Waals surface area (Å²) < 4.78 is 39.0. The van der Waals surface area contributed by atoms with E-state index in [1.807, 2.05) is 45.0 Å². The first kappa shape index (κ1) is 28.3. The topological polar surface area (TPSA) is 86.8 Å². The van der Waals surface area contributed by atoms with E-state index in [4.69, 9.17) is 0 Å². The van der Waals surface area contributed by atoms with Crippen LogP contribution in [0, 0.1) is 18.7 Å². The lowest BCUT2D eigenvalue weighted by atomic mass is 10.1. The second kappa shape index (κ2) is 12.7. The van der Waals surface area contributed by atoms with Crippen LogP contribution in [0.3, 0.4) is 0 Å². The van der Waals surface area contributed by atoms with Crippen LogP contribution in [-0.2, 0) is 26.2 Å². The zero-order valence-electron chi connectivity index (χ0n) is 21.1. The van der Waals surface area contributed by atoms with Crippen molar-refractivity contribution in [2.45, 2.75) is 53.1 Å². The summed E-state index contributed by atoms with van der Waals surface area (Å²) in [5.74, 6) is -0.664. The van der Waals surface area contributed by atoms with Crippen LogP contribution in [0.1, 0.15) is 44.7 Å². The van der Waals surface area contributed by atoms with E-state index in [2.05, 4.69) is 5.32 Å². The summed E-state index contributed by atoms with van der Waals surface area (Å²) in [5.41, 5.74) is 2.33. The minimum atomic E-state index is -3.63. The van der Waals surface area contributed by atoms with Gasteiger partial charge in [0.2, 0.25) is 21.8 Å². The van der Waals surface area contributed by atoms with Crippen LogP contribution in [0.5, 0.6) is 0 Å². The van der Waals surface area contributed by atoms with E-state index in [0.29, 0.717) is 12.2 Å². The predicted octanol–water partition coefficient (Wildman–Crippen LogP) is 3.87. The van der Waals surface area contributed by atoms with E-state index in [1.54, 1.807) is 6.92 Å². The highest BCUT2D eigenvalue weighted by molar-refractivity contribution is 7.92. The first-order chi connectivity index (χ1) is 16.4. The van der Waals surface area contributed by atoms with E-state index in [1.165, 1.54) is 29.2 Å². The van der Waals surface area contributed by atoms with Gasteiger partial charge in [-0.15, -0.1) is 0 Å². The third-order valence-corrected chi connectivity index (χ3v) is 6.79. The van der Waals surface area contributed by atoms with Crippen LogP contribution in [0.25, 0.3) is 0 Å². The van der Waals surface area contributed by atoms with E-state index < -0.39 is 21.9 Å². The Hall–Kier alpha value is -2.94. The van der Waals surface area contributed by atoms with Crippen LogP contribution in [0.2, 0.25) is 0 Å². The first-order valence-electron chi connectivity index (χ1n) is 11.7. The van der Waals surface area contributed by atoms with E-state index >= 15 is 0 Å². The van der Waals surface area contributed by atoms with E-state index in [-0.39, 0.29) is 43.7 Å². The minimum absolute atomic E-state index is 0.0564. The lowest BCUT2D eigenvalue weighted by molar-refractivity contribution is -0.140. The minimum Gasteiger partial charge on any atom is -0.354 e. The molecule has 7 nitrogen and oxygen atoms in total. The smallest absolute Gasteiger partial charge is 0.242 e. The largest absolute Gasteiger partial charge is 0.354 e. The summed E-state index contributed by atoms with van der Waals surface area (Å²) in [6.07, 6.45) is 1.37. The fraction of sp³-hybridized carbons (Fsp3) is 0.462. The van der Waals surface area contributed by atoms with E-state index in [0.717, 1.165) is 21.7 Å². The molecule has 1 N–H and O–H groups in total. The summed E-state index contributed by atoms with van der Waals surface area (Å²) in [5, 5.41) is 2.88. The number of anilines is 1. The molecule has 9 heteroatoms. The Labute approximate surface area is 208 Å². The summed E-state index contributed by atoms with van der Waals surface area (Å²) in [7, 11) is -3.63. The summed E-state index contributed by atoms with van der Waals surface area (Å²) >= 11 is 0. The Balaban J connectivity index is 2.14. The number of hydrogen-bond acceptors (Lipinski definition) is 4. The lowest BCUT2D eigenvalue weighted by Crippen LogP contribution is -2.48. The molecule has 0 aliphatic rings. The number of hydrogen-bond donors (Lipinski definition) is 1. The van der Waals surface area contributed by atoms with Crippen molar-refractivity contribution in [2.24, 2.45) is 5.92 Å². The van der Waals surface area contributed by atoms with Crippen LogP contribution < -0.4 is 9.62 Å². The van der Waals surface area contributed by atoms with Crippen LogP contribution in [0.4, 0.5) is 10.1 Å². The van der Waals surface area contributed by atoms with Crippen molar-refractivity contribution in [1.29, 1.82) is 0 Å². The molecule has 2 aromatic carbocycles. The fourth-order valence-corrected chi connectivity index (χ4v) is 4.50. The molecule has 0 aliphatic heterocycles. The molecular formula is C26H36FN3O4S. The van der Waals surface area contributed by atoms with Crippen molar-refractivity contribution in [3.63, 3.8) is 0 Å². The van der Waals surface area contributed by atoms with Crippen molar-refractivity contribution >= 4 is 27.5 Å². The Morgan fingerprint density at radius 3 is 2.14 bits per heavy atom. The van der Waals surface area contributed by atoms with Crippen LogP contribution >= 0.6 is 0 Å². The monoisotopic (exact) mass is 505 g/mol. The molecule has 0 unspecified atom stereocenters. The van der Waals surface area contributed by atoms with Gasteiger partial charge in [-0.2, -0.15) is 0 Å². The third-order valence-electron chi connectivity index (χ3n) is 5.59. The molecule has 0 saturated heterocycles. The average molecular weight is 506 g/mol. The molecule has 0 heterocycles. The van der Waals surface area contributed by atoms with Gasteiger partial charge in [0.1, 0.15) is 11.9 Å². The summed E-state index contributed by atoms with van der Waals surface area (Å²) in [6.45, 7) is 8.50. The molecule has 2 aromatic rings. The quantitative estimate of drug-likeness (QED) is 0.475. The van der Waals surface area contributed by atoms with Crippen molar-refractivity contribution < 1.29 is 22.4 Å². The SMILES string of the molecule is Cc1ccc(CN(C(=O)CCCN(c2ccc(F)cc2)S(C)(=O)=O)[C@H](C)C(=O)NCC(C)C)cc1. The van der Waals surface area contributed by atoms with Crippen molar-refractivity contribution in [2.75, 3.05) is 23.7 Å². The maximum absolute atomic E-state index is 13.3. The zero-order valence-corrected chi connectivity index (χ0v) is 21.9. The maximum Gasteiger partial charge on any atom is 0.242 e. The Bertz CT molecular complexity index is 1090. The molecule has 192 valence electrons. The van der Waals surface area contributed by atoms with Gasteiger partial charge in [0, 0.05) is 26.1 Å². The first-order valence-corrected chi connectivity index (χ1v) is 13.6. The number of aryl methyl sites for hydroxylation is 1. The highest BCUT2D eigenvalue weighted by Crippen LogP contribution is 2.19. The molecule has 0 spiro atoms. The number of nitrogens with zero attached hydrogens (tertiary/aromatic N) is 2. The normalized spacial score (nSPS) is 12.3. The summed E-state index contributed by atoms with van der Waals surface area (Å²) in [4.78, 5) is 27.5. The Morgan fingerprint density at radius 2 is 1.60 bits per heavy atom. The lowest BCUT2D eigenvalue weighted by Gasteiger charge is -2.29. The second-order valence-electron chi connectivity index (χ2n) is 9.24. The molecule has 2 rings (SSSR count). The number of halogens is 1. The van der Waals surface area contributed by atoms with Crippen molar-refractivity contribution in [3.8, 4) is 0 Å².